The second kappa shape index (κ2) is 7.46. The molecule has 0 aromatic heterocycles. The molecule has 0 saturated heterocycles. The molecule has 0 spiro atoms. The molecule has 3 N–H and O–H groups in total. The van der Waals surface area contributed by atoms with Gasteiger partial charge in [0.05, 0.1) is 16.9 Å². The molecule has 0 fully saturated rings. The highest BCUT2D eigenvalue weighted by Crippen LogP contribution is 2.23. The number of thioether (sulfide) groups is 1. The number of carbonyl (C=O) groups excluding carboxylic acids is 1. The summed E-state index contributed by atoms with van der Waals surface area (Å²) in [6, 6.07) is 12.3. The molecule has 7 heteroatoms. The average Bonchev–Trinajstić information content (AvgIpc) is 2.53. The van der Waals surface area contributed by atoms with Crippen LogP contribution >= 0.6 is 11.8 Å². The molecule has 0 aliphatic heterocycles. The van der Waals surface area contributed by atoms with Crippen LogP contribution < -0.4 is 5.32 Å². The predicted molar refractivity (Wildman–Crippen MR) is 86.2 cm³/mol. The van der Waals surface area contributed by atoms with Crippen molar-refractivity contribution in [3.63, 3.8) is 0 Å². The number of nitrogens with one attached hydrogen (secondary N) is 1. The highest BCUT2D eigenvalue weighted by Gasteiger charge is 2.12. The Kier molecular flexibility index (Phi) is 5.37. The van der Waals surface area contributed by atoms with Crippen LogP contribution in [0.25, 0.3) is 0 Å². The minimum absolute atomic E-state index is 0.0155. The van der Waals surface area contributed by atoms with Crippen molar-refractivity contribution < 1.29 is 24.6 Å². The van der Waals surface area contributed by atoms with Crippen molar-refractivity contribution in [1.29, 1.82) is 0 Å². The van der Waals surface area contributed by atoms with Crippen LogP contribution in [0.1, 0.15) is 20.7 Å². The van der Waals surface area contributed by atoms with Gasteiger partial charge in [0.15, 0.2) is 0 Å². The van der Waals surface area contributed by atoms with E-state index in [1.807, 2.05) is 0 Å². The van der Waals surface area contributed by atoms with E-state index in [0.717, 1.165) is 11.8 Å². The van der Waals surface area contributed by atoms with E-state index in [4.69, 9.17) is 10.2 Å². The molecule has 118 valence electrons. The van der Waals surface area contributed by atoms with Crippen molar-refractivity contribution in [3.8, 4) is 0 Å². The van der Waals surface area contributed by atoms with Gasteiger partial charge in [-0.15, -0.1) is 11.8 Å². The van der Waals surface area contributed by atoms with Gasteiger partial charge in [-0.1, -0.05) is 18.2 Å². The van der Waals surface area contributed by atoms with Gasteiger partial charge in [0.2, 0.25) is 5.91 Å². The Morgan fingerprint density at radius 3 is 2.39 bits per heavy atom. The molecular formula is C16H13NO5S. The van der Waals surface area contributed by atoms with E-state index in [-0.39, 0.29) is 22.8 Å². The summed E-state index contributed by atoms with van der Waals surface area (Å²) in [5.74, 6) is -2.46. The van der Waals surface area contributed by atoms with Gasteiger partial charge >= 0.3 is 11.9 Å². The third kappa shape index (κ3) is 4.58. The monoisotopic (exact) mass is 331 g/mol. The molecule has 6 nitrogen and oxygen atoms in total. The van der Waals surface area contributed by atoms with Gasteiger partial charge in [-0.25, -0.2) is 9.59 Å². The number of hydrogen-bond acceptors (Lipinski definition) is 4. The zero-order chi connectivity index (χ0) is 16.8. The van der Waals surface area contributed by atoms with Crippen LogP contribution in [-0.2, 0) is 4.79 Å². The van der Waals surface area contributed by atoms with Crippen LogP contribution in [0.3, 0.4) is 0 Å². The molecule has 0 radical (unpaired) electrons. The summed E-state index contributed by atoms with van der Waals surface area (Å²) in [5, 5.41) is 20.6. The molecule has 2 rings (SSSR count). The van der Waals surface area contributed by atoms with Crippen LogP contribution in [0.5, 0.6) is 0 Å². The zero-order valence-corrected chi connectivity index (χ0v) is 12.7. The van der Waals surface area contributed by atoms with Crippen molar-refractivity contribution >= 4 is 35.3 Å². The Labute approximate surface area is 136 Å². The van der Waals surface area contributed by atoms with Crippen LogP contribution in [-0.4, -0.2) is 33.8 Å². The Hall–Kier alpha value is -2.80. The van der Waals surface area contributed by atoms with Gasteiger partial charge in [0.1, 0.15) is 0 Å². The van der Waals surface area contributed by atoms with E-state index < -0.39 is 11.9 Å². The smallest absolute Gasteiger partial charge is 0.336 e. The number of carbonyl (C=O) groups is 3. The number of anilines is 1. The second-order valence-electron chi connectivity index (χ2n) is 4.52. The fraction of sp³-hybridized carbons (Fsp3) is 0.0625. The molecule has 0 saturated carbocycles. The van der Waals surface area contributed by atoms with Gasteiger partial charge in [0.25, 0.3) is 0 Å². The number of aromatic carboxylic acids is 2. The third-order valence-corrected chi connectivity index (χ3v) is 3.94. The van der Waals surface area contributed by atoms with Gasteiger partial charge in [0, 0.05) is 10.6 Å². The maximum absolute atomic E-state index is 11.9. The first-order chi connectivity index (χ1) is 11.0. The van der Waals surface area contributed by atoms with E-state index in [2.05, 4.69) is 5.32 Å². The number of hydrogen-bond donors (Lipinski definition) is 3. The van der Waals surface area contributed by atoms with Crippen molar-refractivity contribution in [2.24, 2.45) is 0 Å². The lowest BCUT2D eigenvalue weighted by atomic mass is 10.2. The number of amides is 1. The lowest BCUT2D eigenvalue weighted by Gasteiger charge is -2.07. The summed E-state index contributed by atoms with van der Waals surface area (Å²) in [6.45, 7) is 0. The topological polar surface area (TPSA) is 104 Å². The Morgan fingerprint density at radius 1 is 0.957 bits per heavy atom. The summed E-state index contributed by atoms with van der Waals surface area (Å²) >= 11 is 1.10. The Morgan fingerprint density at radius 2 is 1.70 bits per heavy atom. The summed E-state index contributed by atoms with van der Waals surface area (Å²) in [7, 11) is 0. The quantitative estimate of drug-likeness (QED) is 0.703. The van der Waals surface area contributed by atoms with E-state index in [1.165, 1.54) is 24.3 Å². The summed E-state index contributed by atoms with van der Waals surface area (Å²) in [6.07, 6.45) is 0. The molecule has 0 unspecified atom stereocenters. The first-order valence-corrected chi connectivity index (χ1v) is 7.54. The molecule has 1 amide bonds. The fourth-order valence-corrected chi connectivity index (χ4v) is 2.68. The molecule has 0 atom stereocenters. The van der Waals surface area contributed by atoms with E-state index in [0.29, 0.717) is 10.6 Å². The van der Waals surface area contributed by atoms with Crippen molar-refractivity contribution in [3.05, 3.63) is 59.7 Å². The predicted octanol–water partition coefficient (Wildman–Crippen LogP) is 2.81. The lowest BCUT2D eigenvalue weighted by Crippen LogP contribution is -2.14. The van der Waals surface area contributed by atoms with E-state index in [9.17, 15) is 14.4 Å². The number of carboxylic acid groups (broad SMARTS) is 2. The molecule has 0 aliphatic carbocycles. The van der Waals surface area contributed by atoms with Gasteiger partial charge in [-0.05, 0) is 30.3 Å². The summed E-state index contributed by atoms with van der Waals surface area (Å²) < 4.78 is 0. The standard InChI is InChI=1S/C16H13NO5S/c18-14(17-11-5-3-4-10(8-11)15(19)20)9-23-13-7-2-1-6-12(13)16(21)22/h1-8H,9H2,(H,17,18)(H,19,20)(H,21,22). The fourth-order valence-electron chi connectivity index (χ4n) is 1.84. The zero-order valence-electron chi connectivity index (χ0n) is 11.9. The lowest BCUT2D eigenvalue weighted by molar-refractivity contribution is -0.113. The molecule has 0 heterocycles. The summed E-state index contributed by atoms with van der Waals surface area (Å²) in [4.78, 5) is 34.4. The van der Waals surface area contributed by atoms with Crippen LogP contribution in [0.2, 0.25) is 0 Å². The molecule has 0 bridgehead atoms. The van der Waals surface area contributed by atoms with Crippen molar-refractivity contribution in [2.45, 2.75) is 4.90 Å². The summed E-state index contributed by atoms with van der Waals surface area (Å²) in [5.41, 5.74) is 0.590. The molecule has 2 aromatic rings. The highest BCUT2D eigenvalue weighted by molar-refractivity contribution is 8.00. The van der Waals surface area contributed by atoms with Crippen LogP contribution in [0, 0.1) is 0 Å². The number of carboxylic acids is 2. The Balaban J connectivity index is 2.00. The minimum atomic E-state index is -1.08. The van der Waals surface area contributed by atoms with Crippen molar-refractivity contribution in [2.75, 3.05) is 11.1 Å². The van der Waals surface area contributed by atoms with E-state index >= 15 is 0 Å². The largest absolute Gasteiger partial charge is 0.478 e. The minimum Gasteiger partial charge on any atom is -0.478 e. The third-order valence-electron chi connectivity index (χ3n) is 2.87. The molecule has 23 heavy (non-hydrogen) atoms. The second-order valence-corrected chi connectivity index (χ2v) is 5.54. The Bertz CT molecular complexity index is 760. The normalized spacial score (nSPS) is 10.1. The first-order valence-electron chi connectivity index (χ1n) is 6.55. The van der Waals surface area contributed by atoms with Gasteiger partial charge in [-0.3, -0.25) is 4.79 Å². The maximum atomic E-state index is 11.9. The number of benzene rings is 2. The molecule has 0 aliphatic rings. The van der Waals surface area contributed by atoms with Crippen LogP contribution in [0.4, 0.5) is 5.69 Å². The first kappa shape index (κ1) is 16.6. The van der Waals surface area contributed by atoms with E-state index in [1.54, 1.807) is 24.3 Å². The SMILES string of the molecule is O=C(CSc1ccccc1C(=O)O)Nc1cccc(C(=O)O)c1. The van der Waals surface area contributed by atoms with Crippen molar-refractivity contribution in [1.82, 2.24) is 0 Å². The molecule has 2 aromatic carbocycles. The highest BCUT2D eigenvalue weighted by atomic mass is 32.2. The van der Waals surface area contributed by atoms with Crippen LogP contribution in [0.15, 0.2) is 53.4 Å². The molecular weight excluding hydrogens is 318 g/mol. The average molecular weight is 331 g/mol. The maximum Gasteiger partial charge on any atom is 0.336 e. The number of rotatable bonds is 6. The van der Waals surface area contributed by atoms with Gasteiger partial charge in [-0.2, -0.15) is 0 Å². The van der Waals surface area contributed by atoms with Gasteiger partial charge < -0.3 is 15.5 Å².